The zero-order valence-electron chi connectivity index (χ0n) is 17.0. The second kappa shape index (κ2) is 9.63. The van der Waals surface area contributed by atoms with Crippen LogP contribution in [-0.2, 0) is 4.74 Å². The number of hydrogen-bond acceptors (Lipinski definition) is 7. The summed E-state index contributed by atoms with van der Waals surface area (Å²) in [5.74, 6) is 1.73. The van der Waals surface area contributed by atoms with Crippen LogP contribution in [0.1, 0.15) is 0 Å². The lowest BCUT2D eigenvalue weighted by atomic mass is 10.2. The Balaban J connectivity index is 1.60. The minimum absolute atomic E-state index is 0.00109. The van der Waals surface area contributed by atoms with Crippen molar-refractivity contribution in [3.8, 4) is 11.5 Å². The molecule has 1 unspecified atom stereocenters. The number of likely N-dealkylation sites (N-methyl/N-ethyl adjacent to an activating group) is 1. The number of nitrogens with zero attached hydrogens (tertiary/aromatic N) is 3. The standard InChI is InChI=1S/C21H21Cl3N4O3/c1-28-3-4-30-13(9-28)10-31-19-8-17-14(7-18(19)29-2)21(26-11-25-17)27-12-5-15(22)20(24)16(23)6-12/h5-8,11,13H,3-4,9-10H2,1-2H3,(H,25,26,27). The van der Waals surface area contributed by atoms with Crippen LogP contribution in [0.2, 0.25) is 15.1 Å². The van der Waals surface area contributed by atoms with Crippen molar-refractivity contribution in [2.45, 2.75) is 6.10 Å². The molecule has 0 amide bonds. The zero-order chi connectivity index (χ0) is 22.0. The maximum atomic E-state index is 6.14. The molecule has 2 heterocycles. The van der Waals surface area contributed by atoms with Crippen LogP contribution in [0.4, 0.5) is 11.5 Å². The highest BCUT2D eigenvalue weighted by Crippen LogP contribution is 2.37. The Morgan fingerprint density at radius 3 is 2.61 bits per heavy atom. The van der Waals surface area contributed by atoms with Crippen LogP contribution in [0.3, 0.4) is 0 Å². The monoisotopic (exact) mass is 482 g/mol. The summed E-state index contributed by atoms with van der Waals surface area (Å²) in [7, 11) is 3.66. The van der Waals surface area contributed by atoms with E-state index in [2.05, 4.69) is 27.2 Å². The van der Waals surface area contributed by atoms with Crippen molar-refractivity contribution in [2.75, 3.05) is 45.8 Å². The van der Waals surface area contributed by atoms with Gasteiger partial charge in [-0.15, -0.1) is 0 Å². The maximum absolute atomic E-state index is 6.14. The topological polar surface area (TPSA) is 68.7 Å². The largest absolute Gasteiger partial charge is 0.493 e. The van der Waals surface area contributed by atoms with E-state index in [9.17, 15) is 0 Å². The molecule has 1 N–H and O–H groups in total. The number of rotatable bonds is 6. The van der Waals surface area contributed by atoms with Crippen LogP contribution in [0.5, 0.6) is 11.5 Å². The lowest BCUT2D eigenvalue weighted by Gasteiger charge is -2.30. The van der Waals surface area contributed by atoms with Gasteiger partial charge in [-0.05, 0) is 25.2 Å². The molecule has 10 heteroatoms. The fraction of sp³-hybridized carbons (Fsp3) is 0.333. The second-order valence-corrected chi connectivity index (χ2v) is 8.38. The molecule has 0 radical (unpaired) electrons. The van der Waals surface area contributed by atoms with Crippen LogP contribution in [-0.4, -0.2) is 61.4 Å². The van der Waals surface area contributed by atoms with E-state index < -0.39 is 0 Å². The number of methoxy groups -OCH3 is 1. The van der Waals surface area contributed by atoms with Crippen LogP contribution in [0.25, 0.3) is 10.9 Å². The van der Waals surface area contributed by atoms with Crippen molar-refractivity contribution < 1.29 is 14.2 Å². The number of morpholine rings is 1. The third kappa shape index (κ3) is 5.07. The lowest BCUT2D eigenvalue weighted by molar-refractivity contribution is -0.0406. The van der Waals surface area contributed by atoms with E-state index in [-0.39, 0.29) is 6.10 Å². The molecule has 1 aromatic heterocycles. The molecule has 31 heavy (non-hydrogen) atoms. The van der Waals surface area contributed by atoms with Crippen molar-refractivity contribution in [1.29, 1.82) is 0 Å². The first kappa shape index (κ1) is 22.2. The number of nitrogens with one attached hydrogen (secondary N) is 1. The molecule has 0 bridgehead atoms. The summed E-state index contributed by atoms with van der Waals surface area (Å²) >= 11 is 18.3. The highest BCUT2D eigenvalue weighted by atomic mass is 35.5. The van der Waals surface area contributed by atoms with E-state index in [1.54, 1.807) is 19.2 Å². The Labute approximate surface area is 195 Å². The van der Waals surface area contributed by atoms with E-state index in [1.165, 1.54) is 6.33 Å². The lowest BCUT2D eigenvalue weighted by Crippen LogP contribution is -2.42. The smallest absolute Gasteiger partial charge is 0.163 e. The van der Waals surface area contributed by atoms with E-state index in [0.717, 1.165) is 18.5 Å². The van der Waals surface area contributed by atoms with E-state index in [0.29, 0.717) is 56.8 Å². The van der Waals surface area contributed by atoms with Gasteiger partial charge >= 0.3 is 0 Å². The molecule has 3 aromatic rings. The maximum Gasteiger partial charge on any atom is 0.163 e. The van der Waals surface area contributed by atoms with Gasteiger partial charge in [0, 0.05) is 30.2 Å². The van der Waals surface area contributed by atoms with Crippen molar-refractivity contribution in [1.82, 2.24) is 14.9 Å². The van der Waals surface area contributed by atoms with Crippen molar-refractivity contribution >= 4 is 57.2 Å². The highest BCUT2D eigenvalue weighted by Gasteiger charge is 2.20. The summed E-state index contributed by atoms with van der Waals surface area (Å²) in [6.07, 6.45) is 1.47. The number of anilines is 2. The average Bonchev–Trinajstić information content (AvgIpc) is 2.75. The zero-order valence-corrected chi connectivity index (χ0v) is 19.3. The summed E-state index contributed by atoms with van der Waals surface area (Å²) in [6, 6.07) is 7.02. The molecule has 1 fully saturated rings. The second-order valence-electron chi connectivity index (χ2n) is 7.19. The van der Waals surface area contributed by atoms with E-state index >= 15 is 0 Å². The number of aromatic nitrogens is 2. The number of ether oxygens (including phenoxy) is 3. The van der Waals surface area contributed by atoms with Crippen LogP contribution >= 0.6 is 34.8 Å². The molecule has 2 aromatic carbocycles. The minimum atomic E-state index is 0.00109. The van der Waals surface area contributed by atoms with Gasteiger partial charge in [0.05, 0.1) is 34.3 Å². The molecular weight excluding hydrogens is 463 g/mol. The Morgan fingerprint density at radius 2 is 1.90 bits per heavy atom. The molecule has 1 aliphatic heterocycles. The molecule has 1 saturated heterocycles. The quantitative estimate of drug-likeness (QED) is 0.492. The van der Waals surface area contributed by atoms with Gasteiger partial charge in [-0.3, -0.25) is 0 Å². The third-order valence-electron chi connectivity index (χ3n) is 4.93. The SMILES string of the molecule is COc1cc2c(Nc3cc(Cl)c(Cl)c(Cl)c3)ncnc2cc1OCC1CN(C)CCO1. The van der Waals surface area contributed by atoms with Gasteiger partial charge in [0.15, 0.2) is 11.5 Å². The van der Waals surface area contributed by atoms with Crippen molar-refractivity contribution in [3.63, 3.8) is 0 Å². The molecule has 7 nitrogen and oxygen atoms in total. The molecule has 164 valence electrons. The number of hydrogen-bond donors (Lipinski definition) is 1. The molecule has 0 aliphatic carbocycles. The van der Waals surface area contributed by atoms with Gasteiger partial charge < -0.3 is 24.4 Å². The summed E-state index contributed by atoms with van der Waals surface area (Å²) < 4.78 is 17.3. The summed E-state index contributed by atoms with van der Waals surface area (Å²) in [4.78, 5) is 10.9. The number of halogens is 3. The van der Waals surface area contributed by atoms with E-state index in [4.69, 9.17) is 49.0 Å². The first-order valence-corrected chi connectivity index (χ1v) is 10.7. The highest BCUT2D eigenvalue weighted by molar-refractivity contribution is 6.48. The summed E-state index contributed by atoms with van der Waals surface area (Å²) in [5.41, 5.74) is 1.35. The van der Waals surface area contributed by atoms with Crippen LogP contribution in [0.15, 0.2) is 30.6 Å². The summed E-state index contributed by atoms with van der Waals surface area (Å²) in [6.45, 7) is 2.86. The predicted molar refractivity (Wildman–Crippen MR) is 124 cm³/mol. The van der Waals surface area contributed by atoms with Crippen molar-refractivity contribution in [2.24, 2.45) is 0 Å². The first-order valence-electron chi connectivity index (χ1n) is 9.62. The van der Waals surface area contributed by atoms with Gasteiger partial charge in [-0.1, -0.05) is 34.8 Å². The Morgan fingerprint density at radius 1 is 1.13 bits per heavy atom. The fourth-order valence-corrected chi connectivity index (χ4v) is 3.95. The predicted octanol–water partition coefficient (Wildman–Crippen LogP) is 5.05. The molecular formula is C21H21Cl3N4O3. The third-order valence-corrected chi connectivity index (χ3v) is 6.13. The Bertz CT molecular complexity index is 1080. The number of fused-ring (bicyclic) bond motifs is 1. The average molecular weight is 484 g/mol. The Hall–Kier alpha value is -2.03. The Kier molecular flexibility index (Phi) is 6.89. The molecule has 1 aliphatic rings. The van der Waals surface area contributed by atoms with Gasteiger partial charge in [0.2, 0.25) is 0 Å². The first-order chi connectivity index (χ1) is 14.9. The summed E-state index contributed by atoms with van der Waals surface area (Å²) in [5, 5.41) is 4.96. The van der Waals surface area contributed by atoms with Gasteiger partial charge in [-0.25, -0.2) is 9.97 Å². The normalized spacial score (nSPS) is 17.0. The van der Waals surface area contributed by atoms with Crippen LogP contribution < -0.4 is 14.8 Å². The molecule has 1 atom stereocenters. The minimum Gasteiger partial charge on any atom is -0.493 e. The van der Waals surface area contributed by atoms with Crippen LogP contribution in [0, 0.1) is 0 Å². The molecule has 0 spiro atoms. The number of benzene rings is 2. The van der Waals surface area contributed by atoms with E-state index in [1.807, 2.05) is 12.1 Å². The fourth-order valence-electron chi connectivity index (χ4n) is 3.35. The molecule has 0 saturated carbocycles. The van der Waals surface area contributed by atoms with Gasteiger partial charge in [0.1, 0.15) is 24.9 Å². The van der Waals surface area contributed by atoms with Gasteiger partial charge in [-0.2, -0.15) is 0 Å². The van der Waals surface area contributed by atoms with Gasteiger partial charge in [0.25, 0.3) is 0 Å². The molecule has 4 rings (SSSR count). The van der Waals surface area contributed by atoms with Crippen molar-refractivity contribution in [3.05, 3.63) is 45.7 Å².